The van der Waals surface area contributed by atoms with Crippen LogP contribution in [0.3, 0.4) is 0 Å². The quantitative estimate of drug-likeness (QED) is 0.752. The molecule has 0 aliphatic rings. The van der Waals surface area contributed by atoms with E-state index in [4.69, 9.17) is 0 Å². The molecule has 1 N–H and O–H groups in total. The second kappa shape index (κ2) is 7.92. The number of halogens is 1. The summed E-state index contributed by atoms with van der Waals surface area (Å²) in [4.78, 5) is 6.55. The highest BCUT2D eigenvalue weighted by Gasteiger charge is 2.09. The topological polar surface area (TPSA) is 24.9 Å². The zero-order valence-electron chi connectivity index (χ0n) is 12.6. The van der Waals surface area contributed by atoms with Crippen molar-refractivity contribution in [2.24, 2.45) is 5.92 Å². The van der Waals surface area contributed by atoms with E-state index in [9.17, 15) is 4.39 Å². The number of nitrogens with zero attached hydrogens (tertiary/aromatic N) is 1. The Kier molecular flexibility index (Phi) is 6.21. The lowest BCUT2D eigenvalue weighted by molar-refractivity contribution is 0.554. The number of rotatable bonds is 7. The van der Waals surface area contributed by atoms with Gasteiger partial charge in [0.1, 0.15) is 10.8 Å². The van der Waals surface area contributed by atoms with E-state index >= 15 is 0 Å². The minimum absolute atomic E-state index is 0.158. The SMILES string of the molecule is Cc1nc(CSc2ccccc2F)sc1CNCC(C)C. The van der Waals surface area contributed by atoms with Crippen LogP contribution in [0.4, 0.5) is 4.39 Å². The van der Waals surface area contributed by atoms with Crippen LogP contribution in [0.2, 0.25) is 0 Å². The van der Waals surface area contributed by atoms with Crippen molar-refractivity contribution in [3.05, 3.63) is 45.7 Å². The molecule has 2 aromatic rings. The van der Waals surface area contributed by atoms with Crippen LogP contribution in [0.25, 0.3) is 0 Å². The molecular weight excluding hydrogens is 303 g/mol. The Labute approximate surface area is 134 Å². The fourth-order valence-corrected chi connectivity index (χ4v) is 3.86. The van der Waals surface area contributed by atoms with Crippen LogP contribution in [0.5, 0.6) is 0 Å². The van der Waals surface area contributed by atoms with Gasteiger partial charge in [0.15, 0.2) is 0 Å². The van der Waals surface area contributed by atoms with Crippen molar-refractivity contribution < 1.29 is 4.39 Å². The van der Waals surface area contributed by atoms with Crippen molar-refractivity contribution in [3.63, 3.8) is 0 Å². The summed E-state index contributed by atoms with van der Waals surface area (Å²) in [6.45, 7) is 8.31. The van der Waals surface area contributed by atoms with Gasteiger partial charge >= 0.3 is 0 Å². The van der Waals surface area contributed by atoms with Gasteiger partial charge in [0.25, 0.3) is 0 Å². The Morgan fingerprint density at radius 3 is 2.81 bits per heavy atom. The van der Waals surface area contributed by atoms with Gasteiger partial charge in [0, 0.05) is 16.3 Å². The molecule has 0 amide bonds. The van der Waals surface area contributed by atoms with Crippen molar-refractivity contribution in [2.75, 3.05) is 6.54 Å². The van der Waals surface area contributed by atoms with Crippen LogP contribution in [0.1, 0.15) is 29.4 Å². The summed E-state index contributed by atoms with van der Waals surface area (Å²) < 4.78 is 13.6. The molecule has 21 heavy (non-hydrogen) atoms. The normalized spacial score (nSPS) is 11.3. The zero-order valence-corrected chi connectivity index (χ0v) is 14.3. The maximum absolute atomic E-state index is 13.6. The van der Waals surface area contributed by atoms with Gasteiger partial charge in [0.2, 0.25) is 0 Å². The molecule has 0 saturated heterocycles. The highest BCUT2D eigenvalue weighted by molar-refractivity contribution is 7.98. The summed E-state index contributed by atoms with van der Waals surface area (Å²) in [5, 5.41) is 4.50. The van der Waals surface area contributed by atoms with E-state index in [0.717, 1.165) is 29.5 Å². The molecule has 0 spiro atoms. The van der Waals surface area contributed by atoms with E-state index in [1.165, 1.54) is 22.7 Å². The van der Waals surface area contributed by atoms with E-state index in [-0.39, 0.29) is 5.82 Å². The smallest absolute Gasteiger partial charge is 0.136 e. The standard InChI is InChI=1S/C16H21FN2S2/c1-11(2)8-18-9-15-12(3)19-16(21-15)10-20-14-7-5-4-6-13(14)17/h4-7,11,18H,8-10H2,1-3H3. The van der Waals surface area contributed by atoms with Crippen molar-refractivity contribution in [1.82, 2.24) is 10.3 Å². The van der Waals surface area contributed by atoms with E-state index in [1.807, 2.05) is 19.1 Å². The molecular formula is C16H21FN2S2. The third kappa shape index (κ3) is 5.09. The molecule has 0 saturated carbocycles. The fourth-order valence-electron chi connectivity index (χ4n) is 1.89. The van der Waals surface area contributed by atoms with E-state index in [2.05, 4.69) is 24.1 Å². The number of thioether (sulfide) groups is 1. The monoisotopic (exact) mass is 324 g/mol. The molecule has 0 bridgehead atoms. The van der Waals surface area contributed by atoms with Gasteiger partial charge in [-0.25, -0.2) is 9.37 Å². The average molecular weight is 324 g/mol. The zero-order chi connectivity index (χ0) is 15.2. The number of hydrogen-bond acceptors (Lipinski definition) is 4. The summed E-state index contributed by atoms with van der Waals surface area (Å²) >= 11 is 3.22. The fraction of sp³-hybridized carbons (Fsp3) is 0.438. The minimum atomic E-state index is -0.158. The first kappa shape index (κ1) is 16.5. The van der Waals surface area contributed by atoms with Gasteiger partial charge < -0.3 is 5.32 Å². The van der Waals surface area contributed by atoms with Gasteiger partial charge in [-0.1, -0.05) is 26.0 Å². The van der Waals surface area contributed by atoms with Gasteiger partial charge in [0.05, 0.1) is 11.4 Å². The second-order valence-corrected chi connectivity index (χ2v) is 7.55. The van der Waals surface area contributed by atoms with Crippen LogP contribution in [0.15, 0.2) is 29.2 Å². The molecule has 0 aliphatic carbocycles. The first-order valence-electron chi connectivity index (χ1n) is 7.09. The van der Waals surface area contributed by atoms with Crippen LogP contribution in [0, 0.1) is 18.7 Å². The van der Waals surface area contributed by atoms with E-state index in [1.54, 1.807) is 17.4 Å². The predicted octanol–water partition coefficient (Wildman–Crippen LogP) is 4.63. The molecule has 2 nitrogen and oxygen atoms in total. The first-order valence-corrected chi connectivity index (χ1v) is 8.89. The molecule has 0 fully saturated rings. The highest BCUT2D eigenvalue weighted by Crippen LogP contribution is 2.28. The molecule has 0 unspecified atom stereocenters. The third-order valence-corrected chi connectivity index (χ3v) is 5.36. The molecule has 5 heteroatoms. The van der Waals surface area contributed by atoms with Crippen molar-refractivity contribution in [3.8, 4) is 0 Å². The number of benzene rings is 1. The molecule has 114 valence electrons. The van der Waals surface area contributed by atoms with Crippen LogP contribution < -0.4 is 5.32 Å². The largest absolute Gasteiger partial charge is 0.312 e. The summed E-state index contributed by atoms with van der Waals surface area (Å²) in [7, 11) is 0. The van der Waals surface area contributed by atoms with Crippen molar-refractivity contribution in [1.29, 1.82) is 0 Å². The molecule has 0 aliphatic heterocycles. The third-order valence-electron chi connectivity index (χ3n) is 2.96. The van der Waals surface area contributed by atoms with E-state index in [0.29, 0.717) is 10.8 Å². The lowest BCUT2D eigenvalue weighted by atomic mass is 10.2. The van der Waals surface area contributed by atoms with Gasteiger partial charge in [-0.3, -0.25) is 0 Å². The van der Waals surface area contributed by atoms with Crippen LogP contribution >= 0.6 is 23.1 Å². The maximum Gasteiger partial charge on any atom is 0.136 e. The lowest BCUT2D eigenvalue weighted by Gasteiger charge is -2.05. The van der Waals surface area contributed by atoms with Crippen molar-refractivity contribution >= 4 is 23.1 Å². The minimum Gasteiger partial charge on any atom is -0.312 e. The lowest BCUT2D eigenvalue weighted by Crippen LogP contribution is -2.18. The number of thiazole rings is 1. The summed E-state index contributed by atoms with van der Waals surface area (Å²) in [6, 6.07) is 6.88. The molecule has 1 heterocycles. The number of aryl methyl sites for hydroxylation is 1. The van der Waals surface area contributed by atoms with Crippen LogP contribution in [-0.2, 0) is 12.3 Å². The highest BCUT2D eigenvalue weighted by atomic mass is 32.2. The summed E-state index contributed by atoms with van der Waals surface area (Å²) in [6.07, 6.45) is 0. The molecule has 0 radical (unpaired) electrons. The number of hydrogen-bond donors (Lipinski definition) is 1. The second-order valence-electron chi connectivity index (χ2n) is 5.36. The maximum atomic E-state index is 13.6. The van der Waals surface area contributed by atoms with E-state index < -0.39 is 0 Å². The Morgan fingerprint density at radius 1 is 1.33 bits per heavy atom. The van der Waals surface area contributed by atoms with Gasteiger partial charge in [-0.2, -0.15) is 0 Å². The first-order chi connectivity index (χ1) is 10.1. The predicted molar refractivity (Wildman–Crippen MR) is 89.4 cm³/mol. The molecule has 2 rings (SSSR count). The molecule has 0 atom stereocenters. The Morgan fingerprint density at radius 2 is 2.10 bits per heavy atom. The summed E-state index contributed by atoms with van der Waals surface area (Å²) in [5.41, 5.74) is 1.08. The van der Waals surface area contributed by atoms with Gasteiger partial charge in [-0.15, -0.1) is 23.1 Å². The summed E-state index contributed by atoms with van der Waals surface area (Å²) in [5.74, 6) is 1.21. The Bertz CT molecular complexity index is 581. The Hall–Kier alpha value is -0.910. The van der Waals surface area contributed by atoms with Gasteiger partial charge in [-0.05, 0) is 31.5 Å². The number of aromatic nitrogens is 1. The van der Waals surface area contributed by atoms with Crippen molar-refractivity contribution in [2.45, 2.75) is 38.0 Å². The molecule has 1 aromatic carbocycles. The van der Waals surface area contributed by atoms with Crippen LogP contribution in [-0.4, -0.2) is 11.5 Å². The Balaban J connectivity index is 1.91. The molecule has 1 aromatic heterocycles. The average Bonchev–Trinajstić information content (AvgIpc) is 2.78. The number of nitrogens with one attached hydrogen (secondary N) is 1.